The van der Waals surface area contributed by atoms with Crippen LogP contribution in [0.2, 0.25) is 0 Å². The summed E-state index contributed by atoms with van der Waals surface area (Å²) in [6.45, 7) is 0.337. The van der Waals surface area contributed by atoms with E-state index in [1.165, 1.54) is 12.1 Å². The fraction of sp³-hybridized carbons (Fsp3) is 0.250. The number of hydrogen-bond donors (Lipinski definition) is 1. The van der Waals surface area contributed by atoms with Crippen molar-refractivity contribution < 1.29 is 14.5 Å². The molecular weight excluding hydrogens is 202 g/mol. The van der Waals surface area contributed by atoms with Gasteiger partial charge in [-0.15, -0.1) is 0 Å². The monoisotopic (exact) mass is 209 g/mol. The van der Waals surface area contributed by atoms with E-state index in [1.807, 2.05) is 0 Å². The first-order valence-corrected chi connectivity index (χ1v) is 4.21. The second kappa shape index (κ2) is 3.52. The van der Waals surface area contributed by atoms with Gasteiger partial charge in [0.05, 0.1) is 17.2 Å². The normalized spacial score (nSPS) is 19.5. The average Bonchev–Trinajstić information content (AvgIpc) is 2.65. The Morgan fingerprint density at radius 2 is 2.40 bits per heavy atom. The number of alkyl carbamates (subject to hydrolysis) is 1. The topological polar surface area (TPSA) is 94.4 Å². The summed E-state index contributed by atoms with van der Waals surface area (Å²) >= 11 is 0. The molecule has 1 saturated heterocycles. The molecule has 15 heavy (non-hydrogen) atoms. The molecule has 1 aliphatic heterocycles. The van der Waals surface area contributed by atoms with Gasteiger partial charge < -0.3 is 10.1 Å². The van der Waals surface area contributed by atoms with E-state index in [0.29, 0.717) is 12.2 Å². The van der Waals surface area contributed by atoms with E-state index >= 15 is 0 Å². The fourth-order valence-electron chi connectivity index (χ4n) is 1.25. The largest absolute Gasteiger partial charge is 0.438 e. The van der Waals surface area contributed by atoms with E-state index in [9.17, 15) is 14.9 Å². The molecule has 1 amide bonds. The maximum absolute atomic E-state index is 10.7. The highest BCUT2D eigenvalue weighted by atomic mass is 16.6. The molecule has 0 saturated carbocycles. The van der Waals surface area contributed by atoms with Crippen LogP contribution in [0, 0.1) is 10.1 Å². The summed E-state index contributed by atoms with van der Waals surface area (Å²) in [4.78, 5) is 24.4. The Morgan fingerprint density at radius 3 is 2.87 bits per heavy atom. The fourth-order valence-corrected chi connectivity index (χ4v) is 1.25. The van der Waals surface area contributed by atoms with Gasteiger partial charge in [0.15, 0.2) is 6.10 Å². The van der Waals surface area contributed by atoms with Gasteiger partial charge in [-0.25, -0.2) is 4.79 Å². The number of cyclic esters (lactones) is 1. The van der Waals surface area contributed by atoms with Gasteiger partial charge in [0.1, 0.15) is 6.20 Å². The molecule has 1 N–H and O–H groups in total. The van der Waals surface area contributed by atoms with Crippen molar-refractivity contribution in [3.8, 4) is 0 Å². The van der Waals surface area contributed by atoms with Crippen LogP contribution in [0.5, 0.6) is 0 Å². The lowest BCUT2D eigenvalue weighted by atomic mass is 10.2. The van der Waals surface area contributed by atoms with Gasteiger partial charge in [0.2, 0.25) is 0 Å². The first-order chi connectivity index (χ1) is 7.16. The van der Waals surface area contributed by atoms with E-state index in [0.717, 1.165) is 6.20 Å². The number of pyridine rings is 1. The summed E-state index contributed by atoms with van der Waals surface area (Å²) < 4.78 is 4.87. The third-order valence-corrected chi connectivity index (χ3v) is 1.99. The second-order valence-corrected chi connectivity index (χ2v) is 2.97. The van der Waals surface area contributed by atoms with Crippen molar-refractivity contribution in [3.63, 3.8) is 0 Å². The van der Waals surface area contributed by atoms with Crippen molar-refractivity contribution in [2.75, 3.05) is 6.54 Å². The Bertz CT molecular complexity index is 403. The summed E-state index contributed by atoms with van der Waals surface area (Å²) in [6.07, 6.45) is 0.181. The van der Waals surface area contributed by atoms with E-state index < -0.39 is 17.1 Å². The molecule has 2 rings (SSSR count). The summed E-state index contributed by atoms with van der Waals surface area (Å²) in [6, 6.07) is 2.80. The molecule has 0 aromatic carbocycles. The predicted molar refractivity (Wildman–Crippen MR) is 48.1 cm³/mol. The van der Waals surface area contributed by atoms with Gasteiger partial charge in [0, 0.05) is 6.07 Å². The first kappa shape index (κ1) is 9.38. The molecule has 7 nitrogen and oxygen atoms in total. The van der Waals surface area contributed by atoms with Crippen molar-refractivity contribution in [1.29, 1.82) is 0 Å². The van der Waals surface area contributed by atoms with Gasteiger partial charge in [-0.3, -0.25) is 15.1 Å². The lowest BCUT2D eigenvalue weighted by Gasteiger charge is -2.05. The van der Waals surface area contributed by atoms with Crippen LogP contribution in [0.3, 0.4) is 0 Å². The van der Waals surface area contributed by atoms with Gasteiger partial charge in [0.25, 0.3) is 5.69 Å². The summed E-state index contributed by atoms with van der Waals surface area (Å²) in [5.74, 6) is 0. The highest BCUT2D eigenvalue weighted by Crippen LogP contribution is 2.20. The Hall–Kier alpha value is -2.18. The number of aromatic nitrogens is 1. The number of hydrogen-bond acceptors (Lipinski definition) is 5. The number of rotatable bonds is 2. The molecule has 1 atom stereocenters. The van der Waals surface area contributed by atoms with E-state index in [2.05, 4.69) is 10.3 Å². The first-order valence-electron chi connectivity index (χ1n) is 4.21. The van der Waals surface area contributed by atoms with Crippen LogP contribution in [0.4, 0.5) is 10.5 Å². The minimum absolute atomic E-state index is 0.0870. The number of ether oxygens (including phenoxy) is 1. The minimum Gasteiger partial charge on any atom is -0.438 e. The third-order valence-electron chi connectivity index (χ3n) is 1.99. The van der Waals surface area contributed by atoms with Crippen LogP contribution in [0.1, 0.15) is 11.8 Å². The van der Waals surface area contributed by atoms with Crippen LogP contribution in [-0.2, 0) is 4.74 Å². The van der Waals surface area contributed by atoms with Crippen molar-refractivity contribution in [1.82, 2.24) is 10.3 Å². The number of carbonyl (C=O) groups excluding carboxylic acids is 1. The number of nitrogens with one attached hydrogen (secondary N) is 1. The number of amides is 1. The molecular formula is C8H7N3O4. The zero-order valence-electron chi connectivity index (χ0n) is 7.54. The number of nitrogens with zero attached hydrogens (tertiary/aromatic N) is 2. The number of nitro groups is 1. The van der Waals surface area contributed by atoms with Gasteiger partial charge in [-0.1, -0.05) is 0 Å². The molecule has 78 valence electrons. The summed E-state index contributed by atoms with van der Waals surface area (Å²) in [7, 11) is 0. The van der Waals surface area contributed by atoms with Crippen LogP contribution in [0.25, 0.3) is 0 Å². The quantitative estimate of drug-likeness (QED) is 0.573. The standard InChI is InChI=1S/C8H7N3O4/c12-8-10-4-7(15-8)6-2-1-5(3-9-6)11(13)14/h1-3,7H,4H2,(H,10,12). The summed E-state index contributed by atoms with van der Waals surface area (Å²) in [5, 5.41) is 12.8. The van der Waals surface area contributed by atoms with Crippen molar-refractivity contribution in [2.24, 2.45) is 0 Å². The number of carbonyl (C=O) groups is 1. The molecule has 1 fully saturated rings. The van der Waals surface area contributed by atoms with Crippen LogP contribution >= 0.6 is 0 Å². The van der Waals surface area contributed by atoms with Gasteiger partial charge in [-0.2, -0.15) is 0 Å². The summed E-state index contributed by atoms with van der Waals surface area (Å²) in [5.41, 5.74) is 0.412. The molecule has 2 heterocycles. The molecule has 0 aliphatic carbocycles. The lowest BCUT2D eigenvalue weighted by molar-refractivity contribution is -0.385. The highest BCUT2D eigenvalue weighted by molar-refractivity contribution is 5.69. The average molecular weight is 209 g/mol. The van der Waals surface area contributed by atoms with Crippen molar-refractivity contribution >= 4 is 11.8 Å². The van der Waals surface area contributed by atoms with E-state index in [1.54, 1.807) is 0 Å². The molecule has 1 aromatic heterocycles. The van der Waals surface area contributed by atoms with Gasteiger partial charge in [-0.05, 0) is 6.07 Å². The Labute approximate surface area is 84.2 Å². The molecule has 1 unspecified atom stereocenters. The van der Waals surface area contributed by atoms with Crippen LogP contribution in [-0.4, -0.2) is 22.5 Å². The minimum atomic E-state index is -0.532. The molecule has 0 spiro atoms. The maximum Gasteiger partial charge on any atom is 0.408 e. The Kier molecular flexibility index (Phi) is 2.20. The van der Waals surface area contributed by atoms with E-state index in [-0.39, 0.29) is 5.69 Å². The SMILES string of the molecule is O=C1NCC(c2ccc([N+](=O)[O-])cn2)O1. The van der Waals surface area contributed by atoms with E-state index in [4.69, 9.17) is 4.74 Å². The molecule has 1 aromatic rings. The molecule has 7 heteroatoms. The van der Waals surface area contributed by atoms with Crippen molar-refractivity contribution in [2.45, 2.75) is 6.10 Å². The van der Waals surface area contributed by atoms with Crippen molar-refractivity contribution in [3.05, 3.63) is 34.1 Å². The molecule has 0 radical (unpaired) electrons. The van der Waals surface area contributed by atoms with Gasteiger partial charge >= 0.3 is 6.09 Å². The van der Waals surface area contributed by atoms with Crippen LogP contribution < -0.4 is 5.32 Å². The second-order valence-electron chi connectivity index (χ2n) is 2.97. The highest BCUT2D eigenvalue weighted by Gasteiger charge is 2.25. The Balaban J connectivity index is 2.17. The lowest BCUT2D eigenvalue weighted by Crippen LogP contribution is -2.12. The molecule has 1 aliphatic rings. The Morgan fingerprint density at radius 1 is 1.60 bits per heavy atom. The third kappa shape index (κ3) is 1.85. The van der Waals surface area contributed by atoms with Crippen LogP contribution in [0.15, 0.2) is 18.3 Å². The smallest absolute Gasteiger partial charge is 0.408 e. The predicted octanol–water partition coefficient (Wildman–Crippen LogP) is 0.771. The molecule has 0 bridgehead atoms. The maximum atomic E-state index is 10.7. The zero-order valence-corrected chi connectivity index (χ0v) is 7.54. The zero-order chi connectivity index (χ0) is 10.8.